The lowest BCUT2D eigenvalue weighted by molar-refractivity contribution is -0.141. The summed E-state index contributed by atoms with van der Waals surface area (Å²) in [4.78, 5) is 36.4. The zero-order chi connectivity index (χ0) is 23.7. The number of aryl methyl sites for hydroxylation is 1. The van der Waals surface area contributed by atoms with Crippen molar-refractivity contribution in [1.82, 2.24) is 5.32 Å². The summed E-state index contributed by atoms with van der Waals surface area (Å²) in [5.41, 5.74) is 2.35. The van der Waals surface area contributed by atoms with E-state index >= 15 is 0 Å². The maximum absolute atomic E-state index is 13.3. The van der Waals surface area contributed by atoms with Crippen LogP contribution in [0.5, 0.6) is 0 Å². The lowest BCUT2D eigenvalue weighted by Gasteiger charge is -2.14. The minimum Gasteiger partial charge on any atom is -0.480 e. The quantitative estimate of drug-likeness (QED) is 0.392. The number of hydrogen-bond acceptors (Lipinski definition) is 6. The number of halogens is 1. The molecule has 9 heteroatoms. The highest BCUT2D eigenvalue weighted by atomic mass is 32.2. The van der Waals surface area contributed by atoms with Crippen molar-refractivity contribution in [3.63, 3.8) is 0 Å². The van der Waals surface area contributed by atoms with E-state index in [1.165, 1.54) is 23.9 Å². The highest BCUT2D eigenvalue weighted by molar-refractivity contribution is 7.98. The molecule has 1 atom stereocenters. The predicted molar refractivity (Wildman–Crippen MR) is 124 cm³/mol. The van der Waals surface area contributed by atoms with E-state index in [2.05, 4.69) is 5.32 Å². The summed E-state index contributed by atoms with van der Waals surface area (Å²) in [5.74, 6) is -1.87. The van der Waals surface area contributed by atoms with Crippen LogP contribution in [0.2, 0.25) is 0 Å². The largest absolute Gasteiger partial charge is 0.480 e. The Bertz CT molecular complexity index is 1420. The third kappa shape index (κ3) is 4.49. The third-order valence-electron chi connectivity index (χ3n) is 5.44. The van der Waals surface area contributed by atoms with Gasteiger partial charge in [0, 0.05) is 28.2 Å². The summed E-state index contributed by atoms with van der Waals surface area (Å²) in [7, 11) is 0. The highest BCUT2D eigenvalue weighted by Gasteiger charge is 2.22. The summed E-state index contributed by atoms with van der Waals surface area (Å²) in [6.07, 6.45) is 2.98. The third-order valence-corrected chi connectivity index (χ3v) is 6.11. The molecule has 0 saturated heterocycles. The number of carboxylic acid groups (broad SMARTS) is 1. The first-order valence-corrected chi connectivity index (χ1v) is 11.4. The number of hydrogen-bond donors (Lipinski definition) is 2. The number of amides is 1. The first-order valence-electron chi connectivity index (χ1n) is 10.0. The van der Waals surface area contributed by atoms with E-state index in [1.54, 1.807) is 43.7 Å². The molecule has 0 fully saturated rings. The van der Waals surface area contributed by atoms with E-state index in [4.69, 9.17) is 8.83 Å². The number of furan rings is 1. The Hall–Kier alpha value is -3.59. The van der Waals surface area contributed by atoms with E-state index in [9.17, 15) is 23.9 Å². The van der Waals surface area contributed by atoms with Crippen molar-refractivity contribution in [1.29, 1.82) is 0 Å². The number of benzene rings is 2. The van der Waals surface area contributed by atoms with Gasteiger partial charge in [-0.3, -0.25) is 4.79 Å². The molecular weight excluding hydrogens is 449 g/mol. The molecule has 33 heavy (non-hydrogen) atoms. The Labute approximate surface area is 191 Å². The average molecular weight is 469 g/mol. The fourth-order valence-corrected chi connectivity index (χ4v) is 4.27. The van der Waals surface area contributed by atoms with Gasteiger partial charge in [0.15, 0.2) is 0 Å². The molecule has 0 aliphatic rings. The number of carboxylic acids is 1. The summed E-state index contributed by atoms with van der Waals surface area (Å²) in [5, 5.41) is 13.1. The molecule has 2 aromatic carbocycles. The minimum absolute atomic E-state index is 0.152. The van der Waals surface area contributed by atoms with Crippen molar-refractivity contribution < 1.29 is 27.9 Å². The van der Waals surface area contributed by atoms with Gasteiger partial charge in [-0.1, -0.05) is 12.1 Å². The molecule has 4 aromatic rings. The lowest BCUT2D eigenvalue weighted by Crippen LogP contribution is -2.43. The van der Waals surface area contributed by atoms with Crippen LogP contribution in [0.3, 0.4) is 0 Å². The number of carbonyl (C=O) groups excluding carboxylic acids is 1. The Kier molecular flexibility index (Phi) is 6.24. The maximum atomic E-state index is 13.3. The molecule has 4 rings (SSSR count). The molecule has 0 bridgehead atoms. The number of aliphatic carboxylic acids is 1. The number of thioether (sulfide) groups is 1. The Morgan fingerprint density at radius 2 is 1.88 bits per heavy atom. The molecule has 0 aliphatic carbocycles. The molecule has 0 saturated carbocycles. The molecule has 0 spiro atoms. The molecule has 7 nitrogen and oxygen atoms in total. The average Bonchev–Trinajstić information content (AvgIpc) is 3.18. The monoisotopic (exact) mass is 469 g/mol. The van der Waals surface area contributed by atoms with Gasteiger partial charge in [0.25, 0.3) is 0 Å². The Morgan fingerprint density at radius 3 is 2.55 bits per heavy atom. The van der Waals surface area contributed by atoms with E-state index in [1.807, 2.05) is 0 Å². The zero-order valence-corrected chi connectivity index (χ0v) is 18.6. The van der Waals surface area contributed by atoms with E-state index in [0.29, 0.717) is 22.1 Å². The molecule has 0 aliphatic heterocycles. The predicted octanol–water partition coefficient (Wildman–Crippen LogP) is 4.13. The van der Waals surface area contributed by atoms with Crippen molar-refractivity contribution in [2.75, 3.05) is 12.0 Å². The van der Waals surface area contributed by atoms with Gasteiger partial charge in [-0.05, 0) is 42.5 Å². The molecule has 2 heterocycles. The van der Waals surface area contributed by atoms with Crippen LogP contribution in [-0.4, -0.2) is 35.0 Å². The van der Waals surface area contributed by atoms with E-state index in [0.717, 1.165) is 16.5 Å². The van der Waals surface area contributed by atoms with Gasteiger partial charge >= 0.3 is 11.6 Å². The maximum Gasteiger partial charge on any atom is 0.340 e. The number of nitrogens with one attached hydrogen (secondary N) is 1. The van der Waals surface area contributed by atoms with Gasteiger partial charge in [-0.2, -0.15) is 11.8 Å². The number of rotatable bonds is 7. The molecule has 170 valence electrons. The van der Waals surface area contributed by atoms with Gasteiger partial charge in [0.2, 0.25) is 5.91 Å². The highest BCUT2D eigenvalue weighted by Crippen LogP contribution is 2.34. The first-order chi connectivity index (χ1) is 15.8. The Morgan fingerprint density at radius 1 is 1.15 bits per heavy atom. The molecule has 0 unspecified atom stereocenters. The van der Waals surface area contributed by atoms with Crippen molar-refractivity contribution in [2.45, 2.75) is 19.4 Å². The second-order valence-corrected chi connectivity index (χ2v) is 8.50. The fraction of sp³-hybridized carbons (Fsp3) is 0.208. The SMILES string of the molecule is CSC[C@@H](NC(=O)Cc1c(C)c2cc3c(-c4ccc(F)cc4)coc3cc2oc1=O)C(=O)O. The van der Waals surface area contributed by atoms with Crippen LogP contribution >= 0.6 is 11.8 Å². The van der Waals surface area contributed by atoms with Crippen molar-refractivity contribution in [2.24, 2.45) is 0 Å². The normalized spacial score (nSPS) is 12.2. The summed E-state index contributed by atoms with van der Waals surface area (Å²) in [6.45, 7) is 1.71. The second kappa shape index (κ2) is 9.11. The lowest BCUT2D eigenvalue weighted by atomic mass is 9.99. The van der Waals surface area contributed by atoms with Crippen LogP contribution < -0.4 is 10.9 Å². The zero-order valence-electron chi connectivity index (χ0n) is 17.8. The summed E-state index contributed by atoms with van der Waals surface area (Å²) < 4.78 is 24.4. The minimum atomic E-state index is -1.14. The van der Waals surface area contributed by atoms with Gasteiger partial charge in [0.1, 0.15) is 23.0 Å². The fourth-order valence-electron chi connectivity index (χ4n) is 3.71. The molecule has 1 amide bonds. The molecule has 2 aromatic heterocycles. The van der Waals surface area contributed by atoms with Crippen LogP contribution in [0, 0.1) is 12.7 Å². The summed E-state index contributed by atoms with van der Waals surface area (Å²) >= 11 is 1.29. The smallest absolute Gasteiger partial charge is 0.340 e. The van der Waals surface area contributed by atoms with Gasteiger partial charge < -0.3 is 19.3 Å². The van der Waals surface area contributed by atoms with Gasteiger partial charge in [0.05, 0.1) is 18.2 Å². The van der Waals surface area contributed by atoms with Gasteiger partial charge in [-0.25, -0.2) is 14.0 Å². The molecule has 2 N–H and O–H groups in total. The summed E-state index contributed by atoms with van der Waals surface area (Å²) in [6, 6.07) is 8.37. The number of carbonyl (C=O) groups is 2. The van der Waals surface area contributed by atoms with Crippen LogP contribution in [-0.2, 0) is 16.0 Å². The van der Waals surface area contributed by atoms with Crippen LogP contribution in [0.15, 0.2) is 56.3 Å². The number of fused-ring (bicyclic) bond motifs is 2. The van der Waals surface area contributed by atoms with E-state index < -0.39 is 23.5 Å². The van der Waals surface area contributed by atoms with Crippen molar-refractivity contribution >= 4 is 45.6 Å². The Balaban J connectivity index is 1.74. The van der Waals surface area contributed by atoms with Crippen LogP contribution in [0.1, 0.15) is 11.1 Å². The first kappa shape index (κ1) is 22.6. The van der Waals surface area contributed by atoms with Gasteiger partial charge in [-0.15, -0.1) is 0 Å². The van der Waals surface area contributed by atoms with E-state index in [-0.39, 0.29) is 23.6 Å². The molecular formula is C24H20FNO6S. The van der Waals surface area contributed by atoms with Crippen LogP contribution in [0.4, 0.5) is 4.39 Å². The topological polar surface area (TPSA) is 110 Å². The second-order valence-electron chi connectivity index (χ2n) is 7.58. The van der Waals surface area contributed by atoms with Crippen molar-refractivity contribution in [3.05, 3.63) is 70.0 Å². The standard InChI is InChI=1S/C24H20FNO6S/c1-12-15-7-17-18(13-3-5-14(25)6-4-13)10-31-20(17)9-21(15)32-24(30)16(12)8-22(27)26-19(11-33-2)23(28)29/h3-7,9-10,19H,8,11H2,1-2H3,(H,26,27)(H,28,29)/t19-/m1/s1. The van der Waals surface area contributed by atoms with Crippen LogP contribution in [0.25, 0.3) is 33.1 Å². The van der Waals surface area contributed by atoms with Crippen molar-refractivity contribution in [3.8, 4) is 11.1 Å². The molecule has 0 radical (unpaired) electrons.